The van der Waals surface area contributed by atoms with Crippen LogP contribution in [0.1, 0.15) is 47.7 Å². The maximum atomic E-state index is 13.2. The number of piperidine rings is 1. The van der Waals surface area contributed by atoms with Gasteiger partial charge in [0.1, 0.15) is 6.54 Å². The van der Waals surface area contributed by atoms with Crippen LogP contribution in [0, 0.1) is 0 Å². The van der Waals surface area contributed by atoms with Gasteiger partial charge in [0.2, 0.25) is 11.8 Å². The molecule has 0 aliphatic carbocycles. The van der Waals surface area contributed by atoms with E-state index in [9.17, 15) is 19.2 Å². The van der Waals surface area contributed by atoms with Crippen molar-refractivity contribution in [2.75, 3.05) is 42.3 Å². The summed E-state index contributed by atoms with van der Waals surface area (Å²) in [7, 11) is 1.31. The first-order valence-electron chi connectivity index (χ1n) is 13.6. The minimum atomic E-state index is -0.488. The summed E-state index contributed by atoms with van der Waals surface area (Å²) in [5, 5.41) is 6.25. The molecule has 5 rings (SSSR count). The van der Waals surface area contributed by atoms with Gasteiger partial charge in [0.05, 0.1) is 29.6 Å². The van der Waals surface area contributed by atoms with Crippen molar-refractivity contribution in [2.24, 2.45) is 0 Å². The largest absolute Gasteiger partial charge is 0.465 e. The molecule has 1 fully saturated rings. The first-order valence-corrected chi connectivity index (χ1v) is 13.6. The number of amides is 3. The van der Waals surface area contributed by atoms with Crippen LogP contribution in [-0.4, -0.2) is 55.3 Å². The first-order chi connectivity index (χ1) is 19.9. The minimum Gasteiger partial charge on any atom is -0.465 e. The van der Waals surface area contributed by atoms with Gasteiger partial charge in [-0.1, -0.05) is 36.4 Å². The molecule has 9 heteroatoms. The van der Waals surface area contributed by atoms with Gasteiger partial charge < -0.3 is 25.2 Å². The molecule has 2 aliphatic rings. The molecule has 0 atom stereocenters. The van der Waals surface area contributed by atoms with Gasteiger partial charge in [0, 0.05) is 37.0 Å². The number of carbonyl (C=O) groups excluding carboxylic acids is 4. The van der Waals surface area contributed by atoms with E-state index in [1.165, 1.54) is 18.9 Å². The molecule has 0 spiro atoms. The Kier molecular flexibility index (Phi) is 8.14. The molecule has 0 bridgehead atoms. The number of ether oxygens (including phenoxy) is 1. The first kappa shape index (κ1) is 27.6. The summed E-state index contributed by atoms with van der Waals surface area (Å²) >= 11 is 0. The Hall–Kier alpha value is -4.92. The van der Waals surface area contributed by atoms with E-state index in [0.717, 1.165) is 37.9 Å². The van der Waals surface area contributed by atoms with E-state index in [2.05, 4.69) is 10.6 Å². The van der Waals surface area contributed by atoms with Crippen molar-refractivity contribution in [1.82, 2.24) is 4.90 Å². The molecule has 0 radical (unpaired) electrons. The molecule has 2 aliphatic heterocycles. The summed E-state index contributed by atoms with van der Waals surface area (Å²) < 4.78 is 4.82. The summed E-state index contributed by atoms with van der Waals surface area (Å²) in [6, 6.07) is 21.6. The van der Waals surface area contributed by atoms with Gasteiger partial charge in [0.15, 0.2) is 0 Å². The normalized spacial score (nSPS) is 15.5. The van der Waals surface area contributed by atoms with Gasteiger partial charge in [-0.25, -0.2) is 4.79 Å². The van der Waals surface area contributed by atoms with E-state index in [1.54, 1.807) is 30.3 Å². The number of esters is 1. The molecule has 2 N–H and O–H groups in total. The van der Waals surface area contributed by atoms with Gasteiger partial charge in [-0.15, -0.1) is 0 Å². The molecule has 41 heavy (non-hydrogen) atoms. The van der Waals surface area contributed by atoms with E-state index < -0.39 is 5.97 Å². The Labute approximate surface area is 238 Å². The molecule has 3 aromatic rings. The fourth-order valence-corrected chi connectivity index (χ4v) is 5.18. The van der Waals surface area contributed by atoms with Crippen molar-refractivity contribution < 1.29 is 23.9 Å². The van der Waals surface area contributed by atoms with Gasteiger partial charge in [0.25, 0.3) is 5.91 Å². The van der Waals surface area contributed by atoms with Crippen LogP contribution in [0.5, 0.6) is 0 Å². The molecule has 3 amide bonds. The predicted octanol–water partition coefficient (Wildman–Crippen LogP) is 4.77. The number of likely N-dealkylation sites (tertiary alicyclic amines) is 1. The van der Waals surface area contributed by atoms with E-state index in [4.69, 9.17) is 4.74 Å². The Morgan fingerprint density at radius 2 is 1.63 bits per heavy atom. The number of nitrogens with one attached hydrogen (secondary N) is 2. The molecule has 0 saturated carbocycles. The molecule has 2 heterocycles. The van der Waals surface area contributed by atoms with Crippen LogP contribution in [0.2, 0.25) is 0 Å². The molecule has 0 unspecified atom stereocenters. The summed E-state index contributed by atoms with van der Waals surface area (Å²) in [5.74, 6) is -1.06. The van der Waals surface area contributed by atoms with Crippen LogP contribution >= 0.6 is 0 Å². The zero-order valence-electron chi connectivity index (χ0n) is 23.1. The lowest BCUT2D eigenvalue weighted by molar-refractivity contribution is -0.132. The standard InChI is InChI=1S/C32H32N4O5/c1-21(37)36(20-28(38)35-17-7-4-8-18-35)25-14-12-24(13-15-25)33-30(22-9-5-3-6-10-22)29-26-16-11-23(32(40)41-2)19-27(26)34-31(29)39/h3,5-6,9-16,19,33H,4,7-8,17-18,20H2,1-2H3,(H,34,39)/b30-29-. The van der Waals surface area contributed by atoms with E-state index in [0.29, 0.717) is 39.5 Å². The van der Waals surface area contributed by atoms with Gasteiger partial charge >= 0.3 is 5.97 Å². The predicted molar refractivity (Wildman–Crippen MR) is 158 cm³/mol. The third-order valence-corrected chi connectivity index (χ3v) is 7.33. The lowest BCUT2D eigenvalue weighted by Crippen LogP contribution is -2.44. The maximum Gasteiger partial charge on any atom is 0.337 e. The molecule has 3 aromatic carbocycles. The van der Waals surface area contributed by atoms with Crippen LogP contribution in [-0.2, 0) is 19.1 Å². The number of carbonyl (C=O) groups is 4. The van der Waals surface area contributed by atoms with Crippen LogP contribution in [0.25, 0.3) is 11.3 Å². The maximum absolute atomic E-state index is 13.2. The highest BCUT2D eigenvalue weighted by atomic mass is 16.5. The zero-order valence-corrected chi connectivity index (χ0v) is 23.1. The van der Waals surface area contributed by atoms with Crippen LogP contribution in [0.15, 0.2) is 72.8 Å². The Balaban J connectivity index is 1.45. The molecule has 1 saturated heterocycles. The third-order valence-electron chi connectivity index (χ3n) is 7.33. The fraction of sp³-hybridized carbons (Fsp3) is 0.250. The second kappa shape index (κ2) is 12.1. The Bertz CT molecular complexity index is 1510. The second-order valence-corrected chi connectivity index (χ2v) is 10.0. The quantitative estimate of drug-likeness (QED) is 0.323. The Morgan fingerprint density at radius 1 is 0.927 bits per heavy atom. The zero-order chi connectivity index (χ0) is 28.9. The SMILES string of the molecule is COC(=O)c1ccc2c(c1)NC(=O)/C2=C(\Nc1ccc(N(CC(=O)N2CCCCC2)C(C)=O)cc1)c1ccccc1. The summed E-state index contributed by atoms with van der Waals surface area (Å²) in [4.78, 5) is 53.9. The van der Waals surface area contributed by atoms with Crippen LogP contribution in [0.3, 0.4) is 0 Å². The molecular formula is C32H32N4O5. The number of methoxy groups -OCH3 is 1. The lowest BCUT2D eigenvalue weighted by Gasteiger charge is -2.29. The smallest absolute Gasteiger partial charge is 0.337 e. The highest BCUT2D eigenvalue weighted by Gasteiger charge is 2.29. The molecule has 9 nitrogen and oxygen atoms in total. The monoisotopic (exact) mass is 552 g/mol. The lowest BCUT2D eigenvalue weighted by atomic mass is 9.99. The number of rotatable bonds is 7. The summed E-state index contributed by atoms with van der Waals surface area (Å²) in [6.07, 6.45) is 3.10. The number of fused-ring (bicyclic) bond motifs is 1. The van der Waals surface area contributed by atoms with Crippen molar-refractivity contribution in [3.05, 3.63) is 89.5 Å². The Morgan fingerprint density at radius 3 is 2.29 bits per heavy atom. The number of hydrogen-bond acceptors (Lipinski definition) is 6. The molecular weight excluding hydrogens is 520 g/mol. The third kappa shape index (κ3) is 5.99. The average molecular weight is 553 g/mol. The van der Waals surface area contributed by atoms with Gasteiger partial charge in [-0.2, -0.15) is 0 Å². The average Bonchev–Trinajstić information content (AvgIpc) is 3.33. The van der Waals surface area contributed by atoms with Gasteiger partial charge in [-0.3, -0.25) is 14.4 Å². The van der Waals surface area contributed by atoms with E-state index in [-0.39, 0.29) is 24.3 Å². The van der Waals surface area contributed by atoms with Crippen LogP contribution in [0.4, 0.5) is 17.1 Å². The topological polar surface area (TPSA) is 108 Å². The number of benzene rings is 3. The van der Waals surface area contributed by atoms with Crippen LogP contribution < -0.4 is 15.5 Å². The number of nitrogens with zero attached hydrogens (tertiary/aromatic N) is 2. The highest BCUT2D eigenvalue weighted by molar-refractivity contribution is 6.37. The van der Waals surface area contributed by atoms with E-state index >= 15 is 0 Å². The number of hydrogen-bond donors (Lipinski definition) is 2. The fourth-order valence-electron chi connectivity index (χ4n) is 5.18. The summed E-state index contributed by atoms with van der Waals surface area (Å²) in [6.45, 7) is 2.90. The molecule has 210 valence electrons. The van der Waals surface area contributed by atoms with Crippen molar-refractivity contribution >= 4 is 52.0 Å². The van der Waals surface area contributed by atoms with Crippen molar-refractivity contribution in [2.45, 2.75) is 26.2 Å². The van der Waals surface area contributed by atoms with E-state index in [1.807, 2.05) is 47.4 Å². The number of anilines is 3. The highest BCUT2D eigenvalue weighted by Crippen LogP contribution is 2.38. The minimum absolute atomic E-state index is 0.00799. The van der Waals surface area contributed by atoms with Crippen molar-refractivity contribution in [1.29, 1.82) is 0 Å². The second-order valence-electron chi connectivity index (χ2n) is 10.0. The van der Waals surface area contributed by atoms with Crippen molar-refractivity contribution in [3.63, 3.8) is 0 Å². The summed E-state index contributed by atoms with van der Waals surface area (Å²) in [5.41, 5.74) is 4.64. The van der Waals surface area contributed by atoms with Gasteiger partial charge in [-0.05, 0) is 61.2 Å². The molecule has 0 aromatic heterocycles. The van der Waals surface area contributed by atoms with Crippen molar-refractivity contribution in [3.8, 4) is 0 Å².